The number of aromatic hydroxyl groups is 2. The molecule has 13 heteroatoms. The first-order valence-electron chi connectivity index (χ1n) is 16.3. The number of amides is 1. The molecule has 0 spiro atoms. The molecular weight excluding hydrogens is 638 g/mol. The van der Waals surface area contributed by atoms with Crippen molar-refractivity contribution in [2.45, 2.75) is 83.1 Å². The van der Waals surface area contributed by atoms with Crippen LogP contribution >= 0.6 is 0 Å². The van der Waals surface area contributed by atoms with E-state index in [0.717, 1.165) is 12.8 Å². The van der Waals surface area contributed by atoms with Crippen molar-refractivity contribution in [2.24, 2.45) is 5.92 Å². The van der Waals surface area contributed by atoms with E-state index >= 15 is 0 Å². The quantitative estimate of drug-likeness (QED) is 0.205. The van der Waals surface area contributed by atoms with Gasteiger partial charge in [-0.05, 0) is 64.9 Å². The van der Waals surface area contributed by atoms with Gasteiger partial charge < -0.3 is 40.3 Å². The number of hydrogen-bond donors (Lipinski definition) is 6. The number of carbonyl (C=O) groups excluding carboxylic acids is 5. The maximum atomic E-state index is 13.1. The molecule has 4 unspecified atom stereocenters. The van der Waals surface area contributed by atoms with Crippen LogP contribution in [0.25, 0.3) is 0 Å². The van der Waals surface area contributed by atoms with Crippen molar-refractivity contribution in [1.82, 2.24) is 5.32 Å². The minimum absolute atomic E-state index is 0.0568. The standard InChI is InChI=1S/C21H18O7.C15H23NO5/c1-28-14-4-2-3-11-15(14)21(27)17-16(19(11)25)20(26)12-7-9(13(23)8-22)5-6-10(12)18(17)24;1-8(17)10-5-3-4-6-11(10)15(20)16-13-12(18)7-21-9(2)14(13)19/h2-4,9,22,24,26H,5-8H2,1H3;9,12-14,18-19H,3-7H2,1-2H3,(H,16,20)/t9-;/m0./s1. The number of aliphatic hydroxyl groups is 3. The van der Waals surface area contributed by atoms with Gasteiger partial charge in [-0.15, -0.1) is 0 Å². The topological polar surface area (TPSA) is 217 Å². The largest absolute Gasteiger partial charge is 0.507 e. The predicted molar refractivity (Wildman–Crippen MR) is 173 cm³/mol. The molecule has 0 saturated carbocycles. The molecule has 0 aromatic heterocycles. The lowest BCUT2D eigenvalue weighted by Crippen LogP contribution is -2.60. The lowest BCUT2D eigenvalue weighted by Gasteiger charge is -2.37. The Morgan fingerprint density at radius 2 is 1.59 bits per heavy atom. The van der Waals surface area contributed by atoms with Gasteiger partial charge in [-0.3, -0.25) is 24.0 Å². The van der Waals surface area contributed by atoms with Gasteiger partial charge in [0.05, 0.1) is 42.6 Å². The highest BCUT2D eigenvalue weighted by Crippen LogP contribution is 2.47. The molecule has 1 saturated heterocycles. The number of carbonyl (C=O) groups is 5. The number of ether oxygens (including phenoxy) is 2. The zero-order chi connectivity index (χ0) is 35.7. The molecule has 1 heterocycles. The third kappa shape index (κ3) is 6.63. The molecule has 6 rings (SSSR count). The highest BCUT2D eigenvalue weighted by atomic mass is 16.5. The number of ketones is 4. The summed E-state index contributed by atoms with van der Waals surface area (Å²) in [5, 5.41) is 53.4. The Morgan fingerprint density at radius 3 is 2.24 bits per heavy atom. The van der Waals surface area contributed by atoms with Gasteiger partial charge >= 0.3 is 0 Å². The summed E-state index contributed by atoms with van der Waals surface area (Å²) in [6.07, 6.45) is 1.30. The van der Waals surface area contributed by atoms with Crippen molar-refractivity contribution in [1.29, 1.82) is 0 Å². The number of benzene rings is 2. The second-order valence-corrected chi connectivity index (χ2v) is 12.8. The summed E-state index contributed by atoms with van der Waals surface area (Å²) in [6, 6.07) is 3.81. The number of phenolic OH excluding ortho intramolecular Hbond substituents is 2. The molecule has 1 amide bonds. The van der Waals surface area contributed by atoms with Gasteiger partial charge in [0.25, 0.3) is 0 Å². The maximum Gasteiger partial charge on any atom is 0.248 e. The van der Waals surface area contributed by atoms with Crippen LogP contribution in [0.15, 0.2) is 29.3 Å². The lowest BCUT2D eigenvalue weighted by atomic mass is 9.75. The molecule has 4 aliphatic rings. The van der Waals surface area contributed by atoms with Crippen LogP contribution in [0.3, 0.4) is 0 Å². The van der Waals surface area contributed by atoms with E-state index < -0.39 is 48.4 Å². The molecule has 6 N–H and O–H groups in total. The molecular formula is C36H41NO12. The summed E-state index contributed by atoms with van der Waals surface area (Å²) in [7, 11) is 1.38. The molecule has 262 valence electrons. The summed E-state index contributed by atoms with van der Waals surface area (Å²) >= 11 is 0. The Bertz CT molecular complexity index is 1740. The summed E-state index contributed by atoms with van der Waals surface area (Å²) in [4.78, 5) is 62.1. The Balaban J connectivity index is 0.000000200. The minimum atomic E-state index is -0.970. The fourth-order valence-corrected chi connectivity index (χ4v) is 7.15. The molecule has 1 fully saturated rings. The number of rotatable bonds is 6. The first-order chi connectivity index (χ1) is 23.3. The van der Waals surface area contributed by atoms with Crippen LogP contribution in [-0.2, 0) is 32.0 Å². The van der Waals surface area contributed by atoms with Crippen LogP contribution in [0.5, 0.6) is 17.2 Å². The molecule has 3 aliphatic carbocycles. The minimum Gasteiger partial charge on any atom is -0.507 e. The average Bonchev–Trinajstić information content (AvgIpc) is 3.11. The van der Waals surface area contributed by atoms with E-state index in [1.165, 1.54) is 20.1 Å². The van der Waals surface area contributed by atoms with Crippen LogP contribution in [0.1, 0.15) is 88.9 Å². The second-order valence-electron chi connectivity index (χ2n) is 12.8. The number of Topliss-reactive ketones (excluding diaryl/α,β-unsaturated/α-hetero) is 2. The first kappa shape index (κ1) is 35.9. The van der Waals surface area contributed by atoms with Crippen LogP contribution in [0.4, 0.5) is 0 Å². The van der Waals surface area contributed by atoms with Crippen molar-refractivity contribution in [3.05, 3.63) is 62.7 Å². The molecule has 0 bridgehead atoms. The zero-order valence-corrected chi connectivity index (χ0v) is 27.6. The summed E-state index contributed by atoms with van der Waals surface area (Å²) < 4.78 is 10.4. The Labute approximate surface area is 282 Å². The Kier molecular flexibility index (Phi) is 10.7. The smallest absolute Gasteiger partial charge is 0.248 e. The van der Waals surface area contributed by atoms with Gasteiger partial charge in [-0.25, -0.2) is 0 Å². The molecule has 2 aromatic carbocycles. The second kappa shape index (κ2) is 14.6. The van der Waals surface area contributed by atoms with Gasteiger partial charge in [0, 0.05) is 33.8 Å². The van der Waals surface area contributed by atoms with Gasteiger partial charge in [0.1, 0.15) is 36.1 Å². The van der Waals surface area contributed by atoms with Crippen LogP contribution in [0, 0.1) is 5.92 Å². The molecule has 0 radical (unpaired) electrons. The lowest BCUT2D eigenvalue weighted by molar-refractivity contribution is -0.144. The van der Waals surface area contributed by atoms with Gasteiger partial charge in [0.2, 0.25) is 11.7 Å². The van der Waals surface area contributed by atoms with E-state index in [2.05, 4.69) is 5.32 Å². The number of phenols is 2. The summed E-state index contributed by atoms with van der Waals surface area (Å²) in [6.45, 7) is 2.62. The van der Waals surface area contributed by atoms with E-state index in [4.69, 9.17) is 14.6 Å². The number of nitrogens with one attached hydrogen (secondary N) is 1. The van der Waals surface area contributed by atoms with E-state index in [1.54, 1.807) is 19.1 Å². The Hall–Kier alpha value is -4.43. The summed E-state index contributed by atoms with van der Waals surface area (Å²) in [5.41, 5.74) is 1.37. The first-order valence-corrected chi connectivity index (χ1v) is 16.3. The normalized spacial score (nSPS) is 24.5. The van der Waals surface area contributed by atoms with Gasteiger partial charge in [0.15, 0.2) is 17.3 Å². The number of fused-ring (bicyclic) bond motifs is 3. The number of hydrogen-bond acceptors (Lipinski definition) is 12. The number of allylic oxidation sites excluding steroid dienone is 1. The number of aliphatic hydroxyl groups excluding tert-OH is 3. The number of methoxy groups -OCH3 is 1. The molecule has 13 nitrogen and oxygen atoms in total. The van der Waals surface area contributed by atoms with E-state index in [9.17, 15) is 44.4 Å². The predicted octanol–water partition coefficient (Wildman–Crippen LogP) is 1.62. The fourth-order valence-electron chi connectivity index (χ4n) is 7.15. The molecule has 49 heavy (non-hydrogen) atoms. The van der Waals surface area contributed by atoms with Gasteiger partial charge in [-0.1, -0.05) is 12.1 Å². The molecule has 1 aliphatic heterocycles. The Morgan fingerprint density at radius 1 is 0.939 bits per heavy atom. The maximum absolute atomic E-state index is 13.1. The SMILES string of the molecule is CC(=O)C1=C(C(=O)NC2C(O)COC(C)C2O)CCCC1.COc1cccc2c1C(=O)c1c(O)c3c(c(O)c1C2=O)C[C@@H](C(=O)CO)CC3. The fraction of sp³-hybridized carbons (Fsp3) is 0.472. The third-order valence-electron chi connectivity index (χ3n) is 9.89. The van der Waals surface area contributed by atoms with Crippen LogP contribution < -0.4 is 10.1 Å². The van der Waals surface area contributed by atoms with Crippen molar-refractivity contribution < 1.29 is 59.0 Å². The van der Waals surface area contributed by atoms with Crippen molar-refractivity contribution in [2.75, 3.05) is 20.3 Å². The zero-order valence-electron chi connectivity index (χ0n) is 27.6. The third-order valence-corrected chi connectivity index (χ3v) is 9.89. The van der Waals surface area contributed by atoms with Crippen molar-refractivity contribution in [3.8, 4) is 17.2 Å². The average molecular weight is 680 g/mol. The highest BCUT2D eigenvalue weighted by Gasteiger charge is 2.41. The van der Waals surface area contributed by atoms with Crippen LogP contribution in [-0.4, -0.2) is 99.3 Å². The van der Waals surface area contributed by atoms with Crippen molar-refractivity contribution in [3.63, 3.8) is 0 Å². The monoisotopic (exact) mass is 679 g/mol. The van der Waals surface area contributed by atoms with Gasteiger partial charge in [-0.2, -0.15) is 0 Å². The van der Waals surface area contributed by atoms with E-state index in [-0.39, 0.29) is 82.0 Å². The molecule has 2 aromatic rings. The molecule has 5 atom stereocenters. The summed E-state index contributed by atoms with van der Waals surface area (Å²) in [5.74, 6) is -3.01. The van der Waals surface area contributed by atoms with Crippen LogP contribution in [0.2, 0.25) is 0 Å². The van der Waals surface area contributed by atoms with Crippen molar-refractivity contribution >= 4 is 29.0 Å². The van der Waals surface area contributed by atoms with E-state index in [1.807, 2.05) is 0 Å². The highest BCUT2D eigenvalue weighted by molar-refractivity contribution is 6.31. The van der Waals surface area contributed by atoms with E-state index in [0.29, 0.717) is 36.0 Å².